The maximum absolute atomic E-state index is 13.8. The van der Waals surface area contributed by atoms with Crippen molar-refractivity contribution in [3.05, 3.63) is 70.3 Å². The van der Waals surface area contributed by atoms with E-state index in [-0.39, 0.29) is 30.0 Å². The minimum atomic E-state index is -4.55. The van der Waals surface area contributed by atoms with Gasteiger partial charge in [0.25, 0.3) is 0 Å². The molecule has 0 aliphatic carbocycles. The summed E-state index contributed by atoms with van der Waals surface area (Å²) in [7, 11) is 2.70. The molecule has 1 heterocycles. The van der Waals surface area contributed by atoms with Gasteiger partial charge in [-0.3, -0.25) is 0 Å². The summed E-state index contributed by atoms with van der Waals surface area (Å²) in [5.41, 5.74) is -0.490. The summed E-state index contributed by atoms with van der Waals surface area (Å²) in [5.74, 6) is 4.29. The summed E-state index contributed by atoms with van der Waals surface area (Å²) >= 11 is 0. The summed E-state index contributed by atoms with van der Waals surface area (Å²) in [6.07, 6.45) is -2.43. The number of hydrogen-bond acceptors (Lipinski definition) is 4. The fourth-order valence-electron chi connectivity index (χ4n) is 2.53. The number of alkyl halides is 3. The molecule has 1 aliphatic rings. The van der Waals surface area contributed by atoms with E-state index in [1.54, 1.807) is 0 Å². The van der Waals surface area contributed by atoms with Gasteiger partial charge in [-0.2, -0.15) is 13.2 Å². The Labute approximate surface area is 147 Å². The van der Waals surface area contributed by atoms with E-state index in [9.17, 15) is 22.0 Å². The molecule has 26 heavy (non-hydrogen) atoms. The number of dihydropyridines is 1. The first-order chi connectivity index (χ1) is 12.1. The van der Waals surface area contributed by atoms with Crippen LogP contribution in [0.25, 0.3) is 0 Å². The van der Waals surface area contributed by atoms with E-state index in [1.807, 2.05) is 0 Å². The summed E-state index contributed by atoms with van der Waals surface area (Å²) in [6, 6.07) is 3.49. The van der Waals surface area contributed by atoms with Gasteiger partial charge in [0.05, 0.1) is 12.8 Å². The average molecular weight is 375 g/mol. The van der Waals surface area contributed by atoms with Gasteiger partial charge in [-0.1, -0.05) is 12.1 Å². The maximum Gasteiger partial charge on any atom is 0.431 e. The molecular weight excluding hydrogens is 357 g/mol. The number of likely N-dealkylation sites (N-methyl/N-ethyl adjacent to an activating group) is 1. The van der Waals surface area contributed by atoms with Crippen LogP contribution in [0.1, 0.15) is 5.56 Å². The van der Waals surface area contributed by atoms with E-state index in [0.29, 0.717) is 5.57 Å². The molecule has 9 heteroatoms. The maximum atomic E-state index is 13.8. The largest absolute Gasteiger partial charge is 0.496 e. The van der Waals surface area contributed by atoms with Crippen LogP contribution in [0, 0.1) is 11.6 Å². The van der Waals surface area contributed by atoms with Crippen molar-refractivity contribution in [1.82, 2.24) is 10.3 Å². The van der Waals surface area contributed by atoms with Crippen molar-refractivity contribution < 1.29 is 26.7 Å². The van der Waals surface area contributed by atoms with Crippen LogP contribution in [0.2, 0.25) is 0 Å². The standard InChI is InChI=1S/C17H18F5N3O/c1-25(23)14(7-6-10-12(18)4-3-5-13(10)19)11-9-24-16(17(20,21)22)8-15(11)26-2/h3-5,7-8,24H,6,9,23H2,1-2H3/b14-7-. The van der Waals surface area contributed by atoms with Crippen molar-refractivity contribution in [2.24, 2.45) is 5.84 Å². The summed E-state index contributed by atoms with van der Waals surface area (Å²) < 4.78 is 71.2. The van der Waals surface area contributed by atoms with Gasteiger partial charge < -0.3 is 15.1 Å². The number of hydrazine groups is 1. The minimum absolute atomic E-state index is 0.0337. The van der Waals surface area contributed by atoms with E-state index in [0.717, 1.165) is 23.2 Å². The van der Waals surface area contributed by atoms with E-state index in [1.165, 1.54) is 26.3 Å². The Morgan fingerprint density at radius 1 is 1.31 bits per heavy atom. The monoisotopic (exact) mass is 375 g/mol. The van der Waals surface area contributed by atoms with Crippen LogP contribution in [0.3, 0.4) is 0 Å². The van der Waals surface area contributed by atoms with Crippen molar-refractivity contribution in [2.45, 2.75) is 12.6 Å². The predicted octanol–water partition coefficient (Wildman–Crippen LogP) is 3.15. The lowest BCUT2D eigenvalue weighted by atomic mass is 10.0. The first-order valence-corrected chi connectivity index (χ1v) is 7.57. The quantitative estimate of drug-likeness (QED) is 0.472. The number of ether oxygens (including phenoxy) is 1. The van der Waals surface area contributed by atoms with Crippen molar-refractivity contribution >= 4 is 0 Å². The van der Waals surface area contributed by atoms with Crippen LogP contribution in [0.15, 0.2) is 53.1 Å². The second kappa shape index (κ2) is 7.77. The number of allylic oxidation sites excluding steroid dienone is 3. The lowest BCUT2D eigenvalue weighted by molar-refractivity contribution is -0.0970. The van der Waals surface area contributed by atoms with E-state index < -0.39 is 23.5 Å². The molecule has 1 aliphatic heterocycles. The molecule has 0 fully saturated rings. The topological polar surface area (TPSA) is 50.5 Å². The Kier molecular flexibility index (Phi) is 5.91. The van der Waals surface area contributed by atoms with Crippen molar-refractivity contribution in [1.29, 1.82) is 0 Å². The van der Waals surface area contributed by atoms with Gasteiger partial charge >= 0.3 is 6.18 Å². The number of hydrogen-bond donors (Lipinski definition) is 2. The molecule has 4 nitrogen and oxygen atoms in total. The van der Waals surface area contributed by atoms with Crippen LogP contribution in [-0.2, 0) is 11.2 Å². The molecular formula is C17H18F5N3O. The highest BCUT2D eigenvalue weighted by molar-refractivity contribution is 5.43. The fraction of sp³-hybridized carbons (Fsp3) is 0.294. The highest BCUT2D eigenvalue weighted by Gasteiger charge is 2.36. The first-order valence-electron chi connectivity index (χ1n) is 7.57. The summed E-state index contributed by atoms with van der Waals surface area (Å²) in [6.45, 7) is -0.207. The smallest absolute Gasteiger partial charge is 0.431 e. The molecule has 0 amide bonds. The third-order valence-electron chi connectivity index (χ3n) is 3.80. The minimum Gasteiger partial charge on any atom is -0.496 e. The summed E-state index contributed by atoms with van der Waals surface area (Å²) in [5, 5.41) is 3.41. The van der Waals surface area contributed by atoms with Crippen LogP contribution >= 0.6 is 0 Å². The Morgan fingerprint density at radius 2 is 1.92 bits per heavy atom. The highest BCUT2D eigenvalue weighted by Crippen LogP contribution is 2.30. The molecule has 1 aromatic rings. The van der Waals surface area contributed by atoms with Crippen molar-refractivity contribution in [3.63, 3.8) is 0 Å². The highest BCUT2D eigenvalue weighted by atomic mass is 19.4. The molecule has 0 aromatic heterocycles. The van der Waals surface area contributed by atoms with Gasteiger partial charge in [-0.25, -0.2) is 14.6 Å². The molecule has 0 bridgehead atoms. The van der Waals surface area contributed by atoms with Crippen LogP contribution in [0.4, 0.5) is 22.0 Å². The summed E-state index contributed by atoms with van der Waals surface area (Å²) in [4.78, 5) is 0. The van der Waals surface area contributed by atoms with Gasteiger partial charge in [0.15, 0.2) is 0 Å². The zero-order chi connectivity index (χ0) is 19.5. The Morgan fingerprint density at radius 3 is 2.42 bits per heavy atom. The number of nitrogens with two attached hydrogens (primary N) is 1. The zero-order valence-corrected chi connectivity index (χ0v) is 14.1. The molecule has 0 atom stereocenters. The molecule has 0 unspecified atom stereocenters. The Bertz CT molecular complexity index is 746. The molecule has 0 saturated carbocycles. The van der Waals surface area contributed by atoms with Gasteiger partial charge in [-0.15, -0.1) is 0 Å². The van der Waals surface area contributed by atoms with Gasteiger partial charge in [0.1, 0.15) is 23.1 Å². The van der Waals surface area contributed by atoms with Gasteiger partial charge in [0, 0.05) is 30.8 Å². The number of nitrogens with zero attached hydrogens (tertiary/aromatic N) is 1. The third kappa shape index (κ3) is 4.34. The zero-order valence-electron chi connectivity index (χ0n) is 14.1. The number of halogens is 5. The normalized spacial score (nSPS) is 15.5. The van der Waals surface area contributed by atoms with Gasteiger partial charge in [0.2, 0.25) is 0 Å². The van der Waals surface area contributed by atoms with Crippen molar-refractivity contribution in [3.8, 4) is 0 Å². The lowest BCUT2D eigenvalue weighted by Crippen LogP contribution is -2.35. The third-order valence-corrected chi connectivity index (χ3v) is 3.80. The molecule has 0 radical (unpaired) electrons. The fourth-order valence-corrected chi connectivity index (χ4v) is 2.53. The second-order valence-electron chi connectivity index (χ2n) is 5.56. The lowest BCUT2D eigenvalue weighted by Gasteiger charge is -2.27. The number of rotatable bonds is 5. The Balaban J connectivity index is 2.43. The SMILES string of the molecule is COC1=C(/C(=C/Cc2c(F)cccc2F)N(C)N)CNC(C(F)(F)F)=C1. The van der Waals surface area contributed by atoms with E-state index >= 15 is 0 Å². The van der Waals surface area contributed by atoms with E-state index in [2.05, 4.69) is 5.32 Å². The number of nitrogens with one attached hydrogen (secondary N) is 1. The molecule has 0 spiro atoms. The molecule has 2 rings (SSSR count). The van der Waals surface area contributed by atoms with Crippen LogP contribution in [0.5, 0.6) is 0 Å². The van der Waals surface area contributed by atoms with Crippen molar-refractivity contribution in [2.75, 3.05) is 20.7 Å². The van der Waals surface area contributed by atoms with Gasteiger partial charge in [-0.05, 0) is 18.6 Å². The van der Waals surface area contributed by atoms with Crippen LogP contribution < -0.4 is 11.2 Å². The van der Waals surface area contributed by atoms with Crippen LogP contribution in [-0.4, -0.2) is 31.9 Å². The Hall–Kier alpha value is -2.55. The number of methoxy groups -OCH3 is 1. The predicted molar refractivity (Wildman–Crippen MR) is 86.3 cm³/mol. The van der Waals surface area contributed by atoms with E-state index in [4.69, 9.17) is 10.6 Å². The average Bonchev–Trinajstić information content (AvgIpc) is 2.56. The molecule has 0 saturated heterocycles. The second-order valence-corrected chi connectivity index (χ2v) is 5.56. The molecule has 3 N–H and O–H groups in total. The molecule has 1 aromatic carbocycles. The number of benzene rings is 1. The molecule has 142 valence electrons. The first kappa shape index (κ1) is 19.8.